The first kappa shape index (κ1) is 16.4. The van der Waals surface area contributed by atoms with Gasteiger partial charge in [0, 0.05) is 0 Å². The second-order valence-corrected chi connectivity index (χ2v) is 4.45. The third-order valence-corrected chi connectivity index (χ3v) is 2.73. The van der Waals surface area contributed by atoms with Gasteiger partial charge in [-0.25, -0.2) is 14.0 Å². The molecule has 8 heteroatoms. The van der Waals surface area contributed by atoms with Crippen LogP contribution in [-0.4, -0.2) is 29.1 Å². The van der Waals surface area contributed by atoms with Crippen LogP contribution >= 0.6 is 0 Å². The molecule has 1 rings (SSSR count). The highest BCUT2D eigenvalue weighted by Gasteiger charge is 2.22. The van der Waals surface area contributed by atoms with E-state index in [9.17, 15) is 18.8 Å². The lowest BCUT2D eigenvalue weighted by Gasteiger charge is -2.18. The number of halogens is 1. The Bertz CT molecular complexity index is 533. The summed E-state index contributed by atoms with van der Waals surface area (Å²) in [6.45, 7) is 1.65. The fourth-order valence-electron chi connectivity index (χ4n) is 1.63. The van der Waals surface area contributed by atoms with Crippen molar-refractivity contribution in [1.29, 1.82) is 0 Å². The SMILES string of the molecule is CC(NC(=O)N[C@@H](CC(N)=O)C(=O)O)c1ccc(F)cc1. The Morgan fingerprint density at radius 2 is 1.81 bits per heavy atom. The van der Waals surface area contributed by atoms with Crippen LogP contribution in [0.1, 0.15) is 24.9 Å². The third kappa shape index (κ3) is 5.47. The van der Waals surface area contributed by atoms with E-state index in [1.807, 2.05) is 0 Å². The number of nitrogens with one attached hydrogen (secondary N) is 2. The third-order valence-electron chi connectivity index (χ3n) is 2.73. The zero-order valence-corrected chi connectivity index (χ0v) is 11.3. The van der Waals surface area contributed by atoms with Crippen LogP contribution in [0.4, 0.5) is 9.18 Å². The van der Waals surface area contributed by atoms with E-state index in [-0.39, 0.29) is 0 Å². The molecule has 0 saturated carbocycles. The van der Waals surface area contributed by atoms with Gasteiger partial charge in [-0.2, -0.15) is 0 Å². The van der Waals surface area contributed by atoms with Gasteiger partial charge in [-0.15, -0.1) is 0 Å². The van der Waals surface area contributed by atoms with Crippen LogP contribution in [0.3, 0.4) is 0 Å². The molecule has 0 heterocycles. The lowest BCUT2D eigenvalue weighted by molar-refractivity contribution is -0.140. The summed E-state index contributed by atoms with van der Waals surface area (Å²) in [5, 5.41) is 13.5. The number of hydrogen-bond acceptors (Lipinski definition) is 3. The number of rotatable bonds is 6. The second kappa shape index (κ2) is 7.22. The average Bonchev–Trinajstić information content (AvgIpc) is 2.37. The highest BCUT2D eigenvalue weighted by Crippen LogP contribution is 2.12. The number of aliphatic carboxylic acids is 1. The number of carbonyl (C=O) groups excluding carboxylic acids is 2. The zero-order valence-electron chi connectivity index (χ0n) is 11.3. The molecule has 7 nitrogen and oxygen atoms in total. The molecule has 0 radical (unpaired) electrons. The number of amides is 3. The predicted octanol–water partition coefficient (Wildman–Crippen LogP) is 0.514. The van der Waals surface area contributed by atoms with Gasteiger partial charge in [0.25, 0.3) is 0 Å². The van der Waals surface area contributed by atoms with E-state index in [4.69, 9.17) is 10.8 Å². The first-order valence-corrected chi connectivity index (χ1v) is 6.13. The van der Waals surface area contributed by atoms with Gasteiger partial charge < -0.3 is 21.5 Å². The fourth-order valence-corrected chi connectivity index (χ4v) is 1.63. The summed E-state index contributed by atoms with van der Waals surface area (Å²) in [6, 6.07) is 2.87. The molecule has 21 heavy (non-hydrogen) atoms. The van der Waals surface area contributed by atoms with Crippen LogP contribution < -0.4 is 16.4 Å². The van der Waals surface area contributed by atoms with Crippen molar-refractivity contribution < 1.29 is 23.9 Å². The van der Waals surface area contributed by atoms with Crippen LogP contribution in [0.25, 0.3) is 0 Å². The van der Waals surface area contributed by atoms with Crippen LogP contribution in [0.15, 0.2) is 24.3 Å². The molecule has 0 aromatic heterocycles. The minimum Gasteiger partial charge on any atom is -0.480 e. The minimum atomic E-state index is -1.40. The van der Waals surface area contributed by atoms with E-state index in [1.54, 1.807) is 6.92 Å². The van der Waals surface area contributed by atoms with Crippen molar-refractivity contribution in [1.82, 2.24) is 10.6 Å². The molecule has 0 spiro atoms. The lowest BCUT2D eigenvalue weighted by Crippen LogP contribution is -2.48. The van der Waals surface area contributed by atoms with E-state index in [0.717, 1.165) is 0 Å². The Morgan fingerprint density at radius 3 is 2.29 bits per heavy atom. The molecule has 0 aliphatic rings. The van der Waals surface area contributed by atoms with Crippen LogP contribution in [0, 0.1) is 5.82 Å². The van der Waals surface area contributed by atoms with Crippen molar-refractivity contribution in [2.75, 3.05) is 0 Å². The molecule has 0 aliphatic heterocycles. The Morgan fingerprint density at radius 1 is 1.24 bits per heavy atom. The highest BCUT2D eigenvalue weighted by atomic mass is 19.1. The quantitative estimate of drug-likeness (QED) is 0.611. The summed E-state index contributed by atoms with van der Waals surface area (Å²) in [4.78, 5) is 33.3. The first-order chi connectivity index (χ1) is 9.79. The molecule has 114 valence electrons. The predicted molar refractivity (Wildman–Crippen MR) is 71.7 cm³/mol. The molecule has 0 fully saturated rings. The maximum atomic E-state index is 12.8. The van der Waals surface area contributed by atoms with E-state index in [2.05, 4.69) is 10.6 Å². The van der Waals surface area contributed by atoms with Gasteiger partial charge in [-0.3, -0.25) is 4.79 Å². The van der Waals surface area contributed by atoms with Crippen molar-refractivity contribution >= 4 is 17.9 Å². The molecule has 0 aliphatic carbocycles. The van der Waals surface area contributed by atoms with Crippen LogP contribution in [0.5, 0.6) is 0 Å². The van der Waals surface area contributed by atoms with Gasteiger partial charge in [0.1, 0.15) is 11.9 Å². The first-order valence-electron chi connectivity index (χ1n) is 6.13. The number of carboxylic acids is 1. The molecule has 1 aromatic rings. The number of primary amides is 1. The van der Waals surface area contributed by atoms with Crippen molar-refractivity contribution in [3.63, 3.8) is 0 Å². The zero-order chi connectivity index (χ0) is 16.0. The van der Waals surface area contributed by atoms with Crippen molar-refractivity contribution in [2.45, 2.75) is 25.4 Å². The molecule has 1 unspecified atom stereocenters. The smallest absolute Gasteiger partial charge is 0.326 e. The number of carboxylic acid groups (broad SMARTS) is 1. The van der Waals surface area contributed by atoms with Crippen LogP contribution in [0.2, 0.25) is 0 Å². The van der Waals surface area contributed by atoms with Crippen molar-refractivity contribution in [3.8, 4) is 0 Å². The number of hydrogen-bond donors (Lipinski definition) is 4. The summed E-state index contributed by atoms with van der Waals surface area (Å²) < 4.78 is 12.8. The average molecular weight is 297 g/mol. The fraction of sp³-hybridized carbons (Fsp3) is 0.308. The van der Waals surface area contributed by atoms with E-state index < -0.39 is 42.2 Å². The topological polar surface area (TPSA) is 122 Å². The molecule has 5 N–H and O–H groups in total. The van der Waals surface area contributed by atoms with Gasteiger partial charge in [-0.1, -0.05) is 12.1 Å². The van der Waals surface area contributed by atoms with Gasteiger partial charge >= 0.3 is 12.0 Å². The highest BCUT2D eigenvalue weighted by molar-refractivity contribution is 5.87. The molecule has 2 atom stereocenters. The van der Waals surface area contributed by atoms with Gasteiger partial charge in [0.15, 0.2) is 0 Å². The van der Waals surface area contributed by atoms with Gasteiger partial charge in [-0.05, 0) is 24.6 Å². The summed E-state index contributed by atoms with van der Waals surface area (Å²) in [5.74, 6) is -2.60. The largest absolute Gasteiger partial charge is 0.480 e. The van der Waals surface area contributed by atoms with Crippen LogP contribution in [-0.2, 0) is 9.59 Å². The molecule has 0 saturated heterocycles. The number of benzene rings is 1. The summed E-state index contributed by atoms with van der Waals surface area (Å²) in [5.41, 5.74) is 5.55. The molecule has 0 bridgehead atoms. The van der Waals surface area contributed by atoms with Crippen molar-refractivity contribution in [3.05, 3.63) is 35.6 Å². The maximum absolute atomic E-state index is 12.8. The maximum Gasteiger partial charge on any atom is 0.326 e. The van der Waals surface area contributed by atoms with E-state index >= 15 is 0 Å². The Labute approximate surface area is 120 Å². The summed E-state index contributed by atoms with van der Waals surface area (Å²) in [7, 11) is 0. The number of urea groups is 1. The summed E-state index contributed by atoms with van der Waals surface area (Å²) >= 11 is 0. The molecule has 1 aromatic carbocycles. The molecular weight excluding hydrogens is 281 g/mol. The molecular formula is C13H16FN3O4. The Hall–Kier alpha value is -2.64. The van der Waals surface area contributed by atoms with E-state index in [0.29, 0.717) is 5.56 Å². The Kier molecular flexibility index (Phi) is 5.65. The Balaban J connectivity index is 2.61. The van der Waals surface area contributed by atoms with Gasteiger partial charge in [0.2, 0.25) is 5.91 Å². The lowest BCUT2D eigenvalue weighted by atomic mass is 10.1. The monoisotopic (exact) mass is 297 g/mol. The number of nitrogens with two attached hydrogens (primary N) is 1. The van der Waals surface area contributed by atoms with Gasteiger partial charge in [0.05, 0.1) is 12.5 Å². The normalized spacial score (nSPS) is 13.0. The second-order valence-electron chi connectivity index (χ2n) is 4.45. The molecule has 3 amide bonds. The van der Waals surface area contributed by atoms with E-state index in [1.165, 1.54) is 24.3 Å². The standard InChI is InChI=1S/C13H16FN3O4/c1-7(8-2-4-9(14)5-3-8)16-13(21)17-10(12(19)20)6-11(15)18/h2-5,7,10H,6H2,1H3,(H2,15,18)(H,19,20)(H2,16,17,21)/t7?,10-/m0/s1. The van der Waals surface area contributed by atoms with Crippen molar-refractivity contribution in [2.24, 2.45) is 5.73 Å². The minimum absolute atomic E-state index is 0.400. The summed E-state index contributed by atoms with van der Waals surface area (Å²) in [6.07, 6.45) is -0.506. The number of carbonyl (C=O) groups is 3.